The molecule has 0 radical (unpaired) electrons. The molecule has 0 bridgehead atoms. The first-order chi connectivity index (χ1) is 8.11. The predicted octanol–water partition coefficient (Wildman–Crippen LogP) is 4.33. The number of benzene rings is 1. The van der Waals surface area contributed by atoms with E-state index < -0.39 is 0 Å². The van der Waals surface area contributed by atoms with Crippen molar-refractivity contribution in [2.45, 2.75) is 26.3 Å². The summed E-state index contributed by atoms with van der Waals surface area (Å²) in [5.74, 6) is 1.09. The van der Waals surface area contributed by atoms with Crippen molar-refractivity contribution in [3.63, 3.8) is 0 Å². The summed E-state index contributed by atoms with van der Waals surface area (Å²) in [4.78, 5) is 0. The second kappa shape index (κ2) is 8.06. The van der Waals surface area contributed by atoms with Crippen LogP contribution in [0.5, 0.6) is 0 Å². The van der Waals surface area contributed by atoms with Crippen molar-refractivity contribution in [3.05, 3.63) is 34.1 Å². The summed E-state index contributed by atoms with van der Waals surface area (Å²) in [5, 5.41) is 3.30. The molecule has 0 saturated heterocycles. The molecule has 1 N–H and O–H groups in total. The van der Waals surface area contributed by atoms with Crippen LogP contribution in [-0.4, -0.2) is 12.4 Å². The maximum atomic E-state index is 13.1. The summed E-state index contributed by atoms with van der Waals surface area (Å²) in [7, 11) is 0. The Labute approximate surface area is 116 Å². The van der Waals surface area contributed by atoms with Gasteiger partial charge in [0, 0.05) is 16.9 Å². The van der Waals surface area contributed by atoms with Gasteiger partial charge in [-0.15, -0.1) is 11.6 Å². The molecule has 17 heavy (non-hydrogen) atoms. The summed E-state index contributed by atoms with van der Waals surface area (Å²) in [6, 6.07) is 4.95. The number of halogens is 3. The molecule has 0 amide bonds. The van der Waals surface area contributed by atoms with Crippen LogP contribution in [0.15, 0.2) is 22.7 Å². The fraction of sp³-hybridized carbons (Fsp3) is 0.538. The summed E-state index contributed by atoms with van der Waals surface area (Å²) in [5.41, 5.74) is 0.960. The number of rotatable bonds is 7. The van der Waals surface area contributed by atoms with Crippen LogP contribution in [0, 0.1) is 11.7 Å². The average Bonchev–Trinajstić information content (AvgIpc) is 2.27. The van der Waals surface area contributed by atoms with E-state index in [0.717, 1.165) is 35.3 Å². The third kappa shape index (κ3) is 6.39. The van der Waals surface area contributed by atoms with Crippen molar-refractivity contribution in [1.82, 2.24) is 5.32 Å². The minimum absolute atomic E-state index is 0.202. The van der Waals surface area contributed by atoms with E-state index in [1.54, 1.807) is 6.07 Å². The zero-order valence-electron chi connectivity index (χ0n) is 9.98. The maximum Gasteiger partial charge on any atom is 0.124 e. The molecule has 0 spiro atoms. The number of hydrogen-bond acceptors (Lipinski definition) is 1. The van der Waals surface area contributed by atoms with Crippen molar-refractivity contribution in [3.8, 4) is 0 Å². The molecule has 0 aromatic heterocycles. The van der Waals surface area contributed by atoms with Crippen LogP contribution < -0.4 is 5.32 Å². The van der Waals surface area contributed by atoms with E-state index in [1.165, 1.54) is 6.07 Å². The molecule has 0 aliphatic carbocycles. The lowest BCUT2D eigenvalue weighted by Crippen LogP contribution is -2.15. The van der Waals surface area contributed by atoms with E-state index in [9.17, 15) is 4.39 Å². The molecule has 4 heteroatoms. The number of nitrogens with one attached hydrogen (secondary N) is 1. The van der Waals surface area contributed by atoms with Crippen LogP contribution in [-0.2, 0) is 6.54 Å². The van der Waals surface area contributed by atoms with E-state index in [-0.39, 0.29) is 5.82 Å². The van der Waals surface area contributed by atoms with Crippen molar-refractivity contribution in [2.24, 2.45) is 5.92 Å². The molecule has 0 saturated carbocycles. The van der Waals surface area contributed by atoms with Crippen LogP contribution in [0.3, 0.4) is 0 Å². The van der Waals surface area contributed by atoms with Crippen LogP contribution in [0.4, 0.5) is 4.39 Å². The van der Waals surface area contributed by atoms with Gasteiger partial charge < -0.3 is 5.32 Å². The van der Waals surface area contributed by atoms with E-state index in [4.69, 9.17) is 11.6 Å². The standard InChI is InChI=1S/C13H18BrClFN/c1-10(8-15)3-2-4-17-9-11-5-12(14)7-13(16)6-11/h5-7,10,17H,2-4,8-9H2,1H3. The van der Waals surface area contributed by atoms with Crippen molar-refractivity contribution in [2.75, 3.05) is 12.4 Å². The smallest absolute Gasteiger partial charge is 0.124 e. The monoisotopic (exact) mass is 321 g/mol. The van der Waals surface area contributed by atoms with Gasteiger partial charge in [0.25, 0.3) is 0 Å². The highest BCUT2D eigenvalue weighted by atomic mass is 79.9. The van der Waals surface area contributed by atoms with Gasteiger partial charge in [-0.05, 0) is 49.1 Å². The maximum absolute atomic E-state index is 13.1. The fourth-order valence-electron chi connectivity index (χ4n) is 1.60. The lowest BCUT2D eigenvalue weighted by molar-refractivity contribution is 0.530. The van der Waals surface area contributed by atoms with Crippen LogP contribution in [0.2, 0.25) is 0 Å². The Balaban J connectivity index is 2.22. The highest BCUT2D eigenvalue weighted by Gasteiger charge is 2.00. The lowest BCUT2D eigenvalue weighted by Gasteiger charge is -2.08. The van der Waals surface area contributed by atoms with Gasteiger partial charge in [0.15, 0.2) is 0 Å². The second-order valence-corrected chi connectivity index (χ2v) is 5.58. The Morgan fingerprint density at radius 2 is 2.18 bits per heavy atom. The Bertz CT molecular complexity index is 326. The zero-order valence-corrected chi connectivity index (χ0v) is 12.3. The van der Waals surface area contributed by atoms with Crippen LogP contribution in [0.25, 0.3) is 0 Å². The molecule has 1 rings (SSSR count). The zero-order chi connectivity index (χ0) is 12.7. The quantitative estimate of drug-likeness (QED) is 0.582. The Morgan fingerprint density at radius 1 is 1.41 bits per heavy atom. The molecule has 1 aromatic rings. The van der Waals surface area contributed by atoms with Gasteiger partial charge in [-0.3, -0.25) is 0 Å². The Kier molecular flexibility index (Phi) is 7.09. The van der Waals surface area contributed by atoms with Crippen LogP contribution in [0.1, 0.15) is 25.3 Å². The molecule has 0 heterocycles. The average molecular weight is 323 g/mol. The topological polar surface area (TPSA) is 12.0 Å². The molecule has 1 aromatic carbocycles. The molecular weight excluding hydrogens is 305 g/mol. The molecular formula is C13H18BrClFN. The molecule has 1 nitrogen and oxygen atoms in total. The lowest BCUT2D eigenvalue weighted by atomic mass is 10.1. The molecule has 96 valence electrons. The Morgan fingerprint density at radius 3 is 2.82 bits per heavy atom. The third-order valence-electron chi connectivity index (χ3n) is 2.57. The van der Waals surface area contributed by atoms with Gasteiger partial charge >= 0.3 is 0 Å². The molecule has 0 aliphatic rings. The van der Waals surface area contributed by atoms with E-state index in [0.29, 0.717) is 12.5 Å². The van der Waals surface area contributed by atoms with Crippen molar-refractivity contribution in [1.29, 1.82) is 0 Å². The second-order valence-electron chi connectivity index (χ2n) is 4.36. The van der Waals surface area contributed by atoms with E-state index in [2.05, 4.69) is 28.2 Å². The molecule has 1 unspecified atom stereocenters. The molecule has 0 fully saturated rings. The summed E-state index contributed by atoms with van der Waals surface area (Å²) in [6.45, 7) is 3.79. The normalized spacial score (nSPS) is 12.7. The number of hydrogen-bond donors (Lipinski definition) is 1. The summed E-state index contributed by atoms with van der Waals surface area (Å²) in [6.07, 6.45) is 2.23. The highest BCUT2D eigenvalue weighted by Crippen LogP contribution is 2.14. The fourth-order valence-corrected chi connectivity index (χ4v) is 2.27. The first-order valence-electron chi connectivity index (χ1n) is 5.83. The number of alkyl halides is 1. The SMILES string of the molecule is CC(CCl)CCCNCc1cc(F)cc(Br)c1. The van der Waals surface area contributed by atoms with Gasteiger partial charge in [-0.25, -0.2) is 4.39 Å². The minimum atomic E-state index is -0.202. The first kappa shape index (κ1) is 14.9. The summed E-state index contributed by atoms with van der Waals surface area (Å²) < 4.78 is 13.9. The highest BCUT2D eigenvalue weighted by molar-refractivity contribution is 9.10. The van der Waals surface area contributed by atoms with Gasteiger partial charge in [-0.1, -0.05) is 22.9 Å². The third-order valence-corrected chi connectivity index (χ3v) is 3.55. The molecule has 1 atom stereocenters. The Hall–Kier alpha value is -0.120. The predicted molar refractivity (Wildman–Crippen MR) is 74.9 cm³/mol. The van der Waals surface area contributed by atoms with Gasteiger partial charge in [-0.2, -0.15) is 0 Å². The van der Waals surface area contributed by atoms with Crippen molar-refractivity contribution >= 4 is 27.5 Å². The minimum Gasteiger partial charge on any atom is -0.313 e. The van der Waals surface area contributed by atoms with Gasteiger partial charge in [0.2, 0.25) is 0 Å². The van der Waals surface area contributed by atoms with Crippen LogP contribution >= 0.6 is 27.5 Å². The first-order valence-corrected chi connectivity index (χ1v) is 7.16. The van der Waals surface area contributed by atoms with Gasteiger partial charge in [0.05, 0.1) is 0 Å². The largest absolute Gasteiger partial charge is 0.313 e. The van der Waals surface area contributed by atoms with Gasteiger partial charge in [0.1, 0.15) is 5.82 Å². The van der Waals surface area contributed by atoms with Crippen molar-refractivity contribution < 1.29 is 4.39 Å². The van der Waals surface area contributed by atoms with E-state index >= 15 is 0 Å². The van der Waals surface area contributed by atoms with E-state index in [1.807, 2.05) is 6.07 Å². The summed E-state index contributed by atoms with van der Waals surface area (Å²) >= 11 is 9.01. The molecule has 0 aliphatic heterocycles.